The monoisotopic (exact) mass is 468 g/mol. The molecule has 32 heavy (non-hydrogen) atoms. The Morgan fingerprint density at radius 2 is 1.84 bits per heavy atom. The van der Waals surface area contributed by atoms with Crippen molar-refractivity contribution in [3.05, 3.63) is 71.2 Å². The van der Waals surface area contributed by atoms with Crippen LogP contribution in [0.2, 0.25) is 0 Å². The molecule has 0 radical (unpaired) electrons. The maximum atomic E-state index is 13.3. The Labute approximate surface area is 180 Å². The fourth-order valence-electron chi connectivity index (χ4n) is 2.60. The summed E-state index contributed by atoms with van der Waals surface area (Å²) in [5.41, 5.74) is -1.57. The number of carbonyl (C=O) groups is 1. The lowest BCUT2D eigenvalue weighted by Gasteiger charge is -2.14. The number of anilines is 1. The number of amides is 1. The van der Waals surface area contributed by atoms with Crippen molar-refractivity contribution in [2.75, 3.05) is 11.6 Å². The van der Waals surface area contributed by atoms with Crippen LogP contribution in [0.25, 0.3) is 0 Å². The number of rotatable bonds is 5. The van der Waals surface area contributed by atoms with Gasteiger partial charge in [0.25, 0.3) is 11.8 Å². The molecule has 168 valence electrons. The lowest BCUT2D eigenvalue weighted by atomic mass is 10.2. The zero-order valence-electron chi connectivity index (χ0n) is 16.7. The van der Waals surface area contributed by atoms with E-state index in [1.807, 2.05) is 0 Å². The molecule has 0 saturated carbocycles. The number of benzene rings is 2. The number of aromatic nitrogens is 2. The molecular weight excluding hydrogens is 452 g/mol. The highest BCUT2D eigenvalue weighted by Gasteiger charge is 2.35. The van der Waals surface area contributed by atoms with E-state index in [9.17, 15) is 26.6 Å². The summed E-state index contributed by atoms with van der Waals surface area (Å²) >= 11 is 0. The van der Waals surface area contributed by atoms with Crippen LogP contribution < -0.4 is 10.1 Å². The minimum Gasteiger partial charge on any atom is -0.437 e. The van der Waals surface area contributed by atoms with Crippen LogP contribution in [0.1, 0.15) is 21.6 Å². The average Bonchev–Trinajstić information content (AvgIpc) is 2.69. The van der Waals surface area contributed by atoms with Gasteiger partial charge in [0, 0.05) is 16.8 Å². The minimum atomic E-state index is -4.87. The SMILES string of the molecule is Cc1cc(F)ccc1Oc1nnc(C(F)(F)F)cc1C(=O)Nc1cccc([S@](C)(=N)=O)c1. The van der Waals surface area contributed by atoms with Crippen LogP contribution in [-0.4, -0.2) is 26.6 Å². The van der Waals surface area contributed by atoms with E-state index in [4.69, 9.17) is 9.52 Å². The van der Waals surface area contributed by atoms with E-state index in [1.165, 1.54) is 43.5 Å². The lowest BCUT2D eigenvalue weighted by Crippen LogP contribution is -2.18. The summed E-state index contributed by atoms with van der Waals surface area (Å²) in [6.45, 7) is 1.50. The first kappa shape index (κ1) is 23.1. The highest BCUT2D eigenvalue weighted by atomic mass is 32.2. The van der Waals surface area contributed by atoms with Crippen LogP contribution in [0.3, 0.4) is 0 Å². The van der Waals surface area contributed by atoms with Gasteiger partial charge in [-0.15, -0.1) is 10.2 Å². The Morgan fingerprint density at radius 3 is 2.47 bits per heavy atom. The van der Waals surface area contributed by atoms with Crippen LogP contribution in [0.15, 0.2) is 53.4 Å². The lowest BCUT2D eigenvalue weighted by molar-refractivity contribution is -0.141. The molecule has 2 N–H and O–H groups in total. The summed E-state index contributed by atoms with van der Waals surface area (Å²) in [7, 11) is -3.09. The zero-order chi connectivity index (χ0) is 23.7. The second-order valence-electron chi connectivity index (χ2n) is 6.78. The molecule has 1 atom stereocenters. The van der Waals surface area contributed by atoms with Crippen molar-refractivity contribution in [2.45, 2.75) is 18.0 Å². The van der Waals surface area contributed by atoms with Gasteiger partial charge in [0.1, 0.15) is 17.1 Å². The van der Waals surface area contributed by atoms with Gasteiger partial charge in [-0.2, -0.15) is 13.2 Å². The molecule has 3 rings (SSSR count). The first-order chi connectivity index (χ1) is 14.8. The molecule has 0 saturated heterocycles. The first-order valence-corrected chi connectivity index (χ1v) is 10.9. The van der Waals surface area contributed by atoms with Gasteiger partial charge in [0.2, 0.25) is 0 Å². The molecular formula is C20H16F4N4O3S. The van der Waals surface area contributed by atoms with Crippen LogP contribution in [-0.2, 0) is 15.9 Å². The molecule has 1 aromatic heterocycles. The molecule has 2 aromatic carbocycles. The Hall–Kier alpha value is -3.54. The predicted octanol–water partition coefficient (Wildman–Crippen LogP) is 5.02. The number of nitrogens with one attached hydrogen (secondary N) is 2. The average molecular weight is 468 g/mol. The summed E-state index contributed by atoms with van der Waals surface area (Å²) in [5.74, 6) is -2.02. The van der Waals surface area contributed by atoms with Crippen molar-refractivity contribution in [3.63, 3.8) is 0 Å². The predicted molar refractivity (Wildman–Crippen MR) is 108 cm³/mol. The standard InChI is InChI=1S/C20H16F4N4O3S/c1-11-8-12(21)6-7-16(11)31-19-15(10-17(27-28-19)20(22,23)24)18(29)26-13-4-3-5-14(9-13)32(2,25)30/h3-10,25H,1-2H3,(H,26,29)/t32-/m1/s1. The Balaban J connectivity index is 2.01. The third-order valence-corrected chi connectivity index (χ3v) is 5.33. The fourth-order valence-corrected chi connectivity index (χ4v) is 3.29. The zero-order valence-corrected chi connectivity index (χ0v) is 17.5. The third-order valence-electron chi connectivity index (χ3n) is 4.18. The van der Waals surface area contributed by atoms with E-state index in [2.05, 4.69) is 15.5 Å². The van der Waals surface area contributed by atoms with E-state index in [0.29, 0.717) is 11.6 Å². The van der Waals surface area contributed by atoms with Gasteiger partial charge >= 0.3 is 6.18 Å². The Bertz CT molecular complexity index is 1290. The van der Waals surface area contributed by atoms with Crippen molar-refractivity contribution < 1.29 is 31.3 Å². The molecule has 7 nitrogen and oxygen atoms in total. The molecule has 0 bridgehead atoms. The van der Waals surface area contributed by atoms with E-state index in [-0.39, 0.29) is 16.3 Å². The summed E-state index contributed by atoms with van der Waals surface area (Å²) in [6.07, 6.45) is -3.68. The minimum absolute atomic E-state index is 0.0661. The highest BCUT2D eigenvalue weighted by molar-refractivity contribution is 7.91. The number of hydrogen-bond donors (Lipinski definition) is 2. The van der Waals surface area contributed by atoms with Gasteiger partial charge in [-0.05, 0) is 55.0 Å². The third kappa shape index (κ3) is 5.38. The van der Waals surface area contributed by atoms with E-state index < -0.39 is 44.8 Å². The van der Waals surface area contributed by atoms with Gasteiger partial charge in [0.05, 0.1) is 9.73 Å². The molecule has 0 fully saturated rings. The van der Waals surface area contributed by atoms with Crippen LogP contribution >= 0.6 is 0 Å². The molecule has 0 aliphatic heterocycles. The largest absolute Gasteiger partial charge is 0.437 e. The number of nitrogens with zero attached hydrogens (tertiary/aromatic N) is 2. The second-order valence-corrected chi connectivity index (χ2v) is 8.94. The smallest absolute Gasteiger partial charge is 0.435 e. The van der Waals surface area contributed by atoms with Crippen molar-refractivity contribution in [1.29, 1.82) is 4.78 Å². The van der Waals surface area contributed by atoms with E-state index in [1.54, 1.807) is 0 Å². The molecule has 0 aliphatic rings. The number of ether oxygens (including phenoxy) is 1. The Kier molecular flexibility index (Phi) is 6.17. The first-order valence-electron chi connectivity index (χ1n) is 8.89. The highest BCUT2D eigenvalue weighted by Crippen LogP contribution is 2.32. The van der Waals surface area contributed by atoms with Gasteiger partial charge in [0.15, 0.2) is 5.69 Å². The molecule has 1 heterocycles. The molecule has 3 aromatic rings. The fraction of sp³-hybridized carbons (Fsp3) is 0.150. The van der Waals surface area contributed by atoms with Crippen molar-refractivity contribution >= 4 is 21.3 Å². The van der Waals surface area contributed by atoms with Crippen molar-refractivity contribution in [1.82, 2.24) is 10.2 Å². The summed E-state index contributed by atoms with van der Waals surface area (Å²) in [5, 5.41) is 8.85. The molecule has 0 unspecified atom stereocenters. The second kappa shape index (κ2) is 8.54. The van der Waals surface area contributed by atoms with Crippen LogP contribution in [0.5, 0.6) is 11.6 Å². The normalized spacial score (nSPS) is 13.3. The quantitative estimate of drug-likeness (QED) is 0.512. The number of hydrogen-bond acceptors (Lipinski definition) is 6. The Morgan fingerprint density at radius 1 is 1.12 bits per heavy atom. The summed E-state index contributed by atoms with van der Waals surface area (Å²) in [4.78, 5) is 12.9. The topological polar surface area (TPSA) is 105 Å². The van der Waals surface area contributed by atoms with Gasteiger partial charge < -0.3 is 10.1 Å². The van der Waals surface area contributed by atoms with Crippen LogP contribution in [0.4, 0.5) is 23.2 Å². The maximum Gasteiger partial charge on any atom is 0.435 e. The molecule has 0 spiro atoms. The molecule has 12 heteroatoms. The van der Waals surface area contributed by atoms with E-state index in [0.717, 1.165) is 12.1 Å². The number of alkyl halides is 3. The van der Waals surface area contributed by atoms with E-state index >= 15 is 0 Å². The number of halogens is 4. The number of aryl methyl sites for hydroxylation is 1. The van der Waals surface area contributed by atoms with Crippen LogP contribution in [0, 0.1) is 17.5 Å². The maximum absolute atomic E-state index is 13.3. The van der Waals surface area contributed by atoms with Crippen molar-refractivity contribution in [2.24, 2.45) is 0 Å². The number of carbonyl (C=O) groups excluding carboxylic acids is 1. The summed E-state index contributed by atoms with van der Waals surface area (Å²) in [6, 6.07) is 9.48. The molecule has 1 amide bonds. The molecule has 0 aliphatic carbocycles. The van der Waals surface area contributed by atoms with Gasteiger partial charge in [-0.3, -0.25) is 4.79 Å². The summed E-state index contributed by atoms with van der Waals surface area (Å²) < 4.78 is 77.8. The van der Waals surface area contributed by atoms with Gasteiger partial charge in [-0.1, -0.05) is 6.07 Å². The van der Waals surface area contributed by atoms with Crippen molar-refractivity contribution in [3.8, 4) is 11.6 Å². The van der Waals surface area contributed by atoms with Gasteiger partial charge in [-0.25, -0.2) is 13.4 Å².